The van der Waals surface area contributed by atoms with Gasteiger partial charge < -0.3 is 19.5 Å². The summed E-state index contributed by atoms with van der Waals surface area (Å²) >= 11 is 0. The third-order valence-corrected chi connectivity index (χ3v) is 8.08. The molecule has 0 spiro atoms. The van der Waals surface area contributed by atoms with Crippen molar-refractivity contribution < 1.29 is 24.2 Å². The predicted molar refractivity (Wildman–Crippen MR) is 175 cm³/mol. The number of rotatable bonds is 13. The fourth-order valence-electron chi connectivity index (χ4n) is 5.66. The molecule has 44 heavy (non-hydrogen) atoms. The smallest absolute Gasteiger partial charge is 0.347 e. The Labute approximate surface area is 260 Å². The summed E-state index contributed by atoms with van der Waals surface area (Å²) in [5.74, 6) is 0.437. The van der Waals surface area contributed by atoms with Crippen LogP contribution in [0.3, 0.4) is 0 Å². The number of anilines is 1. The largest absolute Gasteiger partial charge is 0.493 e. The molecule has 0 saturated heterocycles. The fraction of sp³-hybridized carbons (Fsp3) is 0.316. The summed E-state index contributed by atoms with van der Waals surface area (Å²) in [5, 5.41) is 9.40. The molecule has 6 nitrogen and oxygen atoms in total. The standard InChI is InChI=1S/C38H41NO5/c1-4-10-31-25-32(36(40)29-16-14-28(15-17-29)27-11-6-5-7-12-27)18-21-35(31)43-24-9-23-39-22-8-13-30-26-33(19-20-34(30)39)44-38(2,3)37(41)42/h5-7,11-12,14-21,25-26H,4,8-10,13,22-24H2,1-3H3,(H,41,42). The van der Waals surface area contributed by atoms with Crippen LogP contribution in [0.2, 0.25) is 0 Å². The van der Waals surface area contributed by atoms with Crippen LogP contribution in [0, 0.1) is 0 Å². The van der Waals surface area contributed by atoms with Crippen molar-refractivity contribution in [2.75, 3.05) is 24.6 Å². The van der Waals surface area contributed by atoms with Gasteiger partial charge in [-0.3, -0.25) is 4.79 Å². The summed E-state index contributed by atoms with van der Waals surface area (Å²) in [6.07, 6.45) is 4.62. The third kappa shape index (κ3) is 7.31. The summed E-state index contributed by atoms with van der Waals surface area (Å²) in [4.78, 5) is 27.2. The van der Waals surface area contributed by atoms with Crippen molar-refractivity contribution in [3.63, 3.8) is 0 Å². The Morgan fingerprint density at radius 3 is 2.34 bits per heavy atom. The van der Waals surface area contributed by atoms with Gasteiger partial charge in [0.15, 0.2) is 11.4 Å². The highest BCUT2D eigenvalue weighted by molar-refractivity contribution is 6.09. The van der Waals surface area contributed by atoms with E-state index in [9.17, 15) is 14.7 Å². The molecule has 0 saturated carbocycles. The van der Waals surface area contributed by atoms with E-state index in [-0.39, 0.29) is 5.78 Å². The van der Waals surface area contributed by atoms with E-state index in [1.807, 2.05) is 78.9 Å². The van der Waals surface area contributed by atoms with E-state index in [1.165, 1.54) is 11.3 Å². The molecule has 4 aromatic carbocycles. The first kappa shape index (κ1) is 30.9. The zero-order chi connectivity index (χ0) is 31.1. The Morgan fingerprint density at radius 1 is 0.886 bits per heavy atom. The third-order valence-electron chi connectivity index (χ3n) is 8.08. The monoisotopic (exact) mass is 591 g/mol. The SMILES string of the molecule is CCCc1cc(C(=O)c2ccc(-c3ccccc3)cc2)ccc1OCCCN1CCCc2cc(OC(C)(C)C(=O)O)ccc21. The fourth-order valence-corrected chi connectivity index (χ4v) is 5.66. The molecule has 4 aromatic rings. The number of carboxylic acid groups (broad SMARTS) is 1. The molecule has 0 aromatic heterocycles. The Bertz CT molecular complexity index is 1590. The second-order valence-corrected chi connectivity index (χ2v) is 11.8. The molecule has 0 bridgehead atoms. The molecular formula is C38H41NO5. The van der Waals surface area contributed by atoms with Gasteiger partial charge in [-0.15, -0.1) is 0 Å². The van der Waals surface area contributed by atoms with Crippen molar-refractivity contribution in [3.8, 4) is 22.6 Å². The average molecular weight is 592 g/mol. The minimum atomic E-state index is -1.28. The van der Waals surface area contributed by atoms with Gasteiger partial charge in [-0.1, -0.05) is 67.9 Å². The number of fused-ring (bicyclic) bond motifs is 1. The number of nitrogens with zero attached hydrogens (tertiary/aromatic N) is 1. The number of hydrogen-bond donors (Lipinski definition) is 1. The maximum atomic E-state index is 13.3. The molecule has 0 amide bonds. The lowest BCUT2D eigenvalue weighted by atomic mass is 9.97. The molecule has 0 aliphatic carbocycles. The van der Waals surface area contributed by atoms with E-state index >= 15 is 0 Å². The van der Waals surface area contributed by atoms with E-state index in [2.05, 4.69) is 24.0 Å². The number of carboxylic acids is 1. The molecule has 0 fully saturated rings. The van der Waals surface area contributed by atoms with Gasteiger partial charge in [0.25, 0.3) is 0 Å². The van der Waals surface area contributed by atoms with Crippen LogP contribution in [-0.2, 0) is 17.6 Å². The molecule has 6 heteroatoms. The Kier molecular flexibility index (Phi) is 9.69. The van der Waals surface area contributed by atoms with Crippen LogP contribution in [-0.4, -0.2) is 42.2 Å². The summed E-state index contributed by atoms with van der Waals surface area (Å²) < 4.78 is 12.0. The van der Waals surface area contributed by atoms with E-state index in [0.717, 1.165) is 67.6 Å². The van der Waals surface area contributed by atoms with Crippen LogP contribution in [0.25, 0.3) is 11.1 Å². The van der Waals surface area contributed by atoms with Gasteiger partial charge in [0.1, 0.15) is 11.5 Å². The Morgan fingerprint density at radius 2 is 1.61 bits per heavy atom. The van der Waals surface area contributed by atoms with Crippen LogP contribution in [0.5, 0.6) is 11.5 Å². The summed E-state index contributed by atoms with van der Waals surface area (Å²) in [6.45, 7) is 7.65. The van der Waals surface area contributed by atoms with Gasteiger partial charge in [0.2, 0.25) is 0 Å². The zero-order valence-corrected chi connectivity index (χ0v) is 25.8. The van der Waals surface area contributed by atoms with Gasteiger partial charge in [-0.05, 0) is 98.2 Å². The number of benzene rings is 4. The van der Waals surface area contributed by atoms with Crippen LogP contribution >= 0.6 is 0 Å². The Balaban J connectivity index is 1.19. The van der Waals surface area contributed by atoms with Crippen LogP contribution in [0.4, 0.5) is 5.69 Å². The number of carbonyl (C=O) groups excluding carboxylic acids is 1. The molecule has 1 aliphatic rings. The number of ketones is 1. The van der Waals surface area contributed by atoms with Crippen molar-refractivity contribution in [1.29, 1.82) is 0 Å². The van der Waals surface area contributed by atoms with Gasteiger partial charge in [-0.25, -0.2) is 4.79 Å². The van der Waals surface area contributed by atoms with Gasteiger partial charge >= 0.3 is 5.97 Å². The molecule has 228 valence electrons. The number of ether oxygens (including phenoxy) is 2. The number of aliphatic carboxylic acids is 1. The lowest BCUT2D eigenvalue weighted by molar-refractivity contribution is -0.152. The van der Waals surface area contributed by atoms with Crippen molar-refractivity contribution in [1.82, 2.24) is 0 Å². The summed E-state index contributed by atoms with van der Waals surface area (Å²) in [7, 11) is 0. The second kappa shape index (κ2) is 13.8. The molecule has 0 radical (unpaired) electrons. The lowest BCUT2D eigenvalue weighted by Gasteiger charge is -2.32. The van der Waals surface area contributed by atoms with Crippen LogP contribution in [0.15, 0.2) is 91.0 Å². The quantitative estimate of drug-likeness (QED) is 0.125. The van der Waals surface area contributed by atoms with E-state index in [4.69, 9.17) is 9.47 Å². The Hall–Kier alpha value is -4.58. The molecule has 1 heterocycles. The molecule has 1 N–H and O–H groups in total. The highest BCUT2D eigenvalue weighted by Gasteiger charge is 2.30. The molecule has 0 atom stereocenters. The van der Waals surface area contributed by atoms with Crippen molar-refractivity contribution in [2.24, 2.45) is 0 Å². The maximum Gasteiger partial charge on any atom is 0.347 e. The van der Waals surface area contributed by atoms with E-state index < -0.39 is 11.6 Å². The number of aryl methyl sites for hydroxylation is 2. The minimum absolute atomic E-state index is 0.0114. The molecule has 0 unspecified atom stereocenters. The first-order chi connectivity index (χ1) is 21.2. The normalized spacial score (nSPS) is 12.8. The first-order valence-electron chi connectivity index (χ1n) is 15.5. The first-order valence-corrected chi connectivity index (χ1v) is 15.5. The van der Waals surface area contributed by atoms with Gasteiger partial charge in [0, 0.05) is 29.9 Å². The highest BCUT2D eigenvalue weighted by atomic mass is 16.5. The van der Waals surface area contributed by atoms with Crippen molar-refractivity contribution in [3.05, 3.63) is 113 Å². The summed E-state index contributed by atoms with van der Waals surface area (Å²) in [5.41, 5.74) is 5.68. The molecule has 1 aliphatic heterocycles. The number of hydrogen-bond acceptors (Lipinski definition) is 5. The minimum Gasteiger partial charge on any atom is -0.493 e. The number of carbonyl (C=O) groups is 2. The van der Waals surface area contributed by atoms with Gasteiger partial charge in [-0.2, -0.15) is 0 Å². The van der Waals surface area contributed by atoms with Crippen LogP contribution in [0.1, 0.15) is 67.1 Å². The van der Waals surface area contributed by atoms with Crippen molar-refractivity contribution >= 4 is 17.4 Å². The van der Waals surface area contributed by atoms with E-state index in [0.29, 0.717) is 23.5 Å². The van der Waals surface area contributed by atoms with Crippen LogP contribution < -0.4 is 14.4 Å². The second-order valence-electron chi connectivity index (χ2n) is 11.8. The predicted octanol–water partition coefficient (Wildman–Crippen LogP) is 8.00. The molecule has 5 rings (SSSR count). The maximum absolute atomic E-state index is 13.3. The highest BCUT2D eigenvalue weighted by Crippen LogP contribution is 2.32. The lowest BCUT2D eigenvalue weighted by Crippen LogP contribution is -2.38. The molecular weight excluding hydrogens is 550 g/mol. The average Bonchev–Trinajstić information content (AvgIpc) is 3.03. The topological polar surface area (TPSA) is 76.1 Å². The van der Waals surface area contributed by atoms with Crippen molar-refractivity contribution in [2.45, 2.75) is 58.5 Å². The summed E-state index contributed by atoms with van der Waals surface area (Å²) in [6, 6.07) is 29.6. The van der Waals surface area contributed by atoms with Gasteiger partial charge in [0.05, 0.1) is 6.61 Å². The van der Waals surface area contributed by atoms with E-state index in [1.54, 1.807) is 13.8 Å². The zero-order valence-electron chi connectivity index (χ0n) is 25.8.